The number of alkyl halides is 1. The number of benzene rings is 2. The molecule has 9 rings (SSSR count). The monoisotopic (exact) mass is 796 g/mol. The average Bonchev–Trinajstić information content (AvgIpc) is 3.88. The lowest BCUT2D eigenvalue weighted by Gasteiger charge is -2.41. The van der Waals surface area contributed by atoms with E-state index < -0.39 is 36.2 Å². The van der Waals surface area contributed by atoms with Crippen LogP contribution in [0.4, 0.5) is 23.8 Å². The molecule has 5 aliphatic rings. The van der Waals surface area contributed by atoms with Gasteiger partial charge in [0.25, 0.3) is 0 Å². The number of carbonyl (C=O) groups excluding carboxylic acids is 2. The van der Waals surface area contributed by atoms with Crippen LogP contribution in [0.2, 0.25) is 0 Å². The molecule has 2 aromatic heterocycles. The van der Waals surface area contributed by atoms with Crippen LogP contribution in [0.3, 0.4) is 0 Å². The van der Waals surface area contributed by atoms with E-state index in [2.05, 4.69) is 25.8 Å². The zero-order chi connectivity index (χ0) is 40.7. The van der Waals surface area contributed by atoms with Crippen molar-refractivity contribution in [2.75, 3.05) is 38.2 Å². The van der Waals surface area contributed by atoms with Crippen LogP contribution in [0, 0.1) is 24.0 Å². The summed E-state index contributed by atoms with van der Waals surface area (Å²) >= 11 is 0. The fourth-order valence-electron chi connectivity index (χ4n) is 8.91. The summed E-state index contributed by atoms with van der Waals surface area (Å²) in [6.07, 6.45) is 16.5. The molecule has 1 N–H and O–H groups in total. The van der Waals surface area contributed by atoms with E-state index in [0.29, 0.717) is 55.3 Å². The molecule has 4 saturated heterocycles. The van der Waals surface area contributed by atoms with E-state index in [1.165, 1.54) is 57.3 Å². The van der Waals surface area contributed by atoms with Gasteiger partial charge in [0.2, 0.25) is 6.29 Å². The Hall–Kier alpha value is -5.88. The molecule has 0 spiro atoms. The van der Waals surface area contributed by atoms with Gasteiger partial charge in [0, 0.05) is 49.7 Å². The number of esters is 1. The Morgan fingerprint density at radius 3 is 2.53 bits per heavy atom. The summed E-state index contributed by atoms with van der Waals surface area (Å²) in [5.41, 5.74) is 0.135. The molecule has 4 fully saturated rings. The fourth-order valence-corrected chi connectivity index (χ4v) is 8.91. The first-order valence-corrected chi connectivity index (χ1v) is 19.5. The van der Waals surface area contributed by atoms with Crippen molar-refractivity contribution in [3.63, 3.8) is 0 Å². The van der Waals surface area contributed by atoms with E-state index in [9.17, 15) is 23.5 Å². The number of fused-ring (bicyclic) bond motifs is 5. The van der Waals surface area contributed by atoms with Crippen LogP contribution in [0.1, 0.15) is 57.4 Å². The van der Waals surface area contributed by atoms with Gasteiger partial charge in [-0.1, -0.05) is 30.2 Å². The summed E-state index contributed by atoms with van der Waals surface area (Å²) in [5.74, 6) is 0.438. The Bertz CT molecular complexity index is 2360. The predicted molar refractivity (Wildman–Crippen MR) is 210 cm³/mol. The number of nitrogens with zero attached hydrogens (tertiary/aromatic N) is 6. The van der Waals surface area contributed by atoms with Crippen LogP contribution in [0.25, 0.3) is 32.9 Å². The molecule has 58 heavy (non-hydrogen) atoms. The molecule has 0 radical (unpaired) electrons. The molecular formula is C43H43F3N6O6. The summed E-state index contributed by atoms with van der Waals surface area (Å²) in [6.45, 7) is 4.05. The summed E-state index contributed by atoms with van der Waals surface area (Å²) in [6, 6.07) is 5.31. The molecule has 0 saturated carbocycles. The quantitative estimate of drug-likeness (QED) is 0.123. The van der Waals surface area contributed by atoms with Crippen LogP contribution in [0.15, 0.2) is 54.3 Å². The first kappa shape index (κ1) is 39.0. The molecule has 1 amide bonds. The highest BCUT2D eigenvalue weighted by Crippen LogP contribution is 2.40. The first-order chi connectivity index (χ1) is 28.0. The SMILES string of the molecule is C#Cc1c(F)ccc2cc(O)cc(-c3ncc4c(N5CC6CCC(C5)N6C(=O)OC(C)OC(=O)C5=CCCC=C5)nc(OC)nc4c3F)c12.F[C@@H]1CC2CCCN2C1. The number of amides is 1. The van der Waals surface area contributed by atoms with Crippen LogP contribution >= 0.6 is 0 Å². The molecule has 12 nitrogen and oxygen atoms in total. The maximum atomic E-state index is 16.5. The number of phenolic OH excluding ortho intramolecular Hbond substituents is 1. The van der Waals surface area contributed by atoms with E-state index in [0.717, 1.165) is 25.8 Å². The highest BCUT2D eigenvalue weighted by Gasteiger charge is 2.45. The molecule has 4 aromatic rings. The molecule has 4 aliphatic heterocycles. The number of halogens is 3. The number of hydrogen-bond donors (Lipinski definition) is 1. The number of aromatic nitrogens is 3. The van der Waals surface area contributed by atoms with Gasteiger partial charge in [0.1, 0.15) is 34.8 Å². The van der Waals surface area contributed by atoms with Crippen molar-refractivity contribution in [1.29, 1.82) is 0 Å². The van der Waals surface area contributed by atoms with E-state index >= 15 is 4.39 Å². The topological polar surface area (TPSA) is 130 Å². The van der Waals surface area contributed by atoms with Crippen molar-refractivity contribution in [3.8, 4) is 35.4 Å². The molecule has 2 bridgehead atoms. The minimum Gasteiger partial charge on any atom is -0.508 e. The average molecular weight is 797 g/mol. The third kappa shape index (κ3) is 7.48. The molecule has 6 heterocycles. The Balaban J connectivity index is 0.000000456. The molecule has 4 unspecified atom stereocenters. The lowest BCUT2D eigenvalue weighted by Crippen LogP contribution is -2.56. The third-order valence-corrected chi connectivity index (χ3v) is 11.5. The Morgan fingerprint density at radius 2 is 1.83 bits per heavy atom. The number of piperazine rings is 1. The van der Waals surface area contributed by atoms with Crippen LogP contribution in [-0.2, 0) is 14.3 Å². The summed E-state index contributed by atoms with van der Waals surface area (Å²) in [7, 11) is 1.36. The number of pyridine rings is 1. The normalized spacial score (nSPS) is 22.9. The summed E-state index contributed by atoms with van der Waals surface area (Å²) in [5, 5.41) is 11.4. The van der Waals surface area contributed by atoms with Crippen molar-refractivity contribution in [2.45, 2.75) is 82.5 Å². The number of carbonyl (C=O) groups is 2. The molecule has 2 aromatic carbocycles. The minimum atomic E-state index is -1.09. The summed E-state index contributed by atoms with van der Waals surface area (Å²) < 4.78 is 60.1. The standard InChI is InChI=1S/C36H31F2N5O6.C7H12FN/c1-4-25-28(37)13-10-21-14-24(44)15-26(29(21)25)31-30(38)32-27(16-39-31)33(41-35(40-32)47-3)42-17-22-11-12-23(18-42)43(22)36(46)49-19(2)48-34(45)20-8-6-5-7-9-20;8-6-4-7-2-1-3-9(7)5-6/h1,6,8-10,13-16,19,22-23,44H,5,7,11-12,17-18H2,2-3H3;6-7H,1-5H2/t;6-,7?/m.1/s1. The number of anilines is 1. The zero-order valence-electron chi connectivity index (χ0n) is 32.2. The maximum Gasteiger partial charge on any atom is 0.413 e. The number of allylic oxidation sites excluding steroid dienone is 2. The Kier molecular flexibility index (Phi) is 10.9. The van der Waals surface area contributed by atoms with E-state index in [1.54, 1.807) is 17.1 Å². The third-order valence-electron chi connectivity index (χ3n) is 11.5. The second kappa shape index (κ2) is 16.2. The van der Waals surface area contributed by atoms with E-state index in [-0.39, 0.29) is 57.0 Å². The van der Waals surface area contributed by atoms with Gasteiger partial charge in [-0.05, 0) is 75.1 Å². The van der Waals surface area contributed by atoms with E-state index in [1.807, 2.05) is 11.0 Å². The van der Waals surface area contributed by atoms with Crippen molar-refractivity contribution in [2.24, 2.45) is 0 Å². The smallest absolute Gasteiger partial charge is 0.413 e. The zero-order valence-corrected chi connectivity index (χ0v) is 32.2. The molecule has 5 atom stereocenters. The predicted octanol–water partition coefficient (Wildman–Crippen LogP) is 6.97. The van der Waals surface area contributed by atoms with Gasteiger partial charge in [0.15, 0.2) is 5.82 Å². The highest BCUT2D eigenvalue weighted by atomic mass is 19.1. The summed E-state index contributed by atoms with van der Waals surface area (Å²) in [4.78, 5) is 44.9. The largest absolute Gasteiger partial charge is 0.508 e. The Morgan fingerprint density at radius 1 is 1.03 bits per heavy atom. The number of methoxy groups -OCH3 is 1. The molecule has 1 aliphatic carbocycles. The van der Waals surface area contributed by atoms with Gasteiger partial charge in [-0.3, -0.25) is 14.8 Å². The fraction of sp³-hybridized carbons (Fsp3) is 0.419. The van der Waals surface area contributed by atoms with Gasteiger partial charge < -0.3 is 24.2 Å². The second-order valence-corrected chi connectivity index (χ2v) is 15.2. The molecule has 15 heteroatoms. The van der Waals surface area contributed by atoms with Gasteiger partial charge in [-0.15, -0.1) is 6.42 Å². The van der Waals surface area contributed by atoms with Crippen molar-refractivity contribution < 1.29 is 42.1 Å². The first-order valence-electron chi connectivity index (χ1n) is 19.5. The van der Waals surface area contributed by atoms with Crippen molar-refractivity contribution in [3.05, 3.63) is 71.5 Å². The number of ether oxygens (including phenoxy) is 3. The van der Waals surface area contributed by atoms with Crippen LogP contribution in [0.5, 0.6) is 11.8 Å². The minimum absolute atomic E-state index is 0.0899. The lowest BCUT2D eigenvalue weighted by atomic mass is 9.96. The van der Waals surface area contributed by atoms with Crippen LogP contribution < -0.4 is 9.64 Å². The number of terminal acetylenes is 1. The van der Waals surface area contributed by atoms with Gasteiger partial charge in [-0.2, -0.15) is 9.97 Å². The van der Waals surface area contributed by atoms with Crippen molar-refractivity contribution >= 4 is 39.6 Å². The maximum absolute atomic E-state index is 16.5. The number of aromatic hydroxyl groups is 1. The van der Waals surface area contributed by atoms with Crippen molar-refractivity contribution in [1.82, 2.24) is 24.8 Å². The highest BCUT2D eigenvalue weighted by molar-refractivity contribution is 6.03. The molecule has 302 valence electrons. The van der Waals surface area contributed by atoms with E-state index in [4.69, 9.17) is 20.6 Å². The van der Waals surface area contributed by atoms with Gasteiger partial charge >= 0.3 is 18.1 Å². The van der Waals surface area contributed by atoms with Gasteiger partial charge in [0.05, 0.1) is 35.7 Å². The number of rotatable bonds is 6. The lowest BCUT2D eigenvalue weighted by molar-refractivity contribution is -0.161. The molecular weight excluding hydrogens is 754 g/mol. The number of phenols is 1. The number of hydrogen-bond acceptors (Lipinski definition) is 11. The second-order valence-electron chi connectivity index (χ2n) is 15.2. The Labute approximate surface area is 333 Å². The van der Waals surface area contributed by atoms with Crippen LogP contribution in [-0.4, -0.2) is 106 Å². The van der Waals surface area contributed by atoms with Gasteiger partial charge in [-0.25, -0.2) is 22.8 Å².